The number of carbonyl (C=O) groups is 1. The first-order valence-corrected chi connectivity index (χ1v) is 11.0. The second kappa shape index (κ2) is 9.64. The molecule has 3 aromatic rings. The molecule has 32 heavy (non-hydrogen) atoms. The van der Waals surface area contributed by atoms with Crippen LogP contribution in [0, 0.1) is 5.82 Å². The van der Waals surface area contributed by atoms with Gasteiger partial charge in [0.05, 0.1) is 23.4 Å². The third-order valence-electron chi connectivity index (χ3n) is 4.25. The highest BCUT2D eigenvalue weighted by Crippen LogP contribution is 2.37. The number of aromatic nitrogens is 2. The fourth-order valence-electron chi connectivity index (χ4n) is 2.88. The molecule has 1 aliphatic heterocycles. The lowest BCUT2D eigenvalue weighted by Crippen LogP contribution is -2.27. The Kier molecular flexibility index (Phi) is 6.69. The van der Waals surface area contributed by atoms with Gasteiger partial charge >= 0.3 is 0 Å². The number of thiocarbonyl (C=S) groups is 1. The monoisotopic (exact) mass is 487 g/mol. The highest BCUT2D eigenvalue weighted by Gasteiger charge is 2.33. The van der Waals surface area contributed by atoms with Crippen molar-refractivity contribution in [3.8, 4) is 17.4 Å². The van der Waals surface area contributed by atoms with Crippen LogP contribution in [0.15, 0.2) is 59.6 Å². The molecule has 2 heterocycles. The van der Waals surface area contributed by atoms with Crippen LogP contribution in [0.4, 0.5) is 10.1 Å². The fraction of sp³-hybridized carbons (Fsp3) is 0.0909. The number of hydrogen-bond donors (Lipinski definition) is 0. The summed E-state index contributed by atoms with van der Waals surface area (Å²) in [5, 5.41) is -0.129. The van der Waals surface area contributed by atoms with Gasteiger partial charge in [-0.15, -0.1) is 0 Å². The Balaban J connectivity index is 1.55. The standard InChI is InChI=1S/C22H15ClFN3O3S2/c1-2-29-15-8-6-14(7-9-15)27-20(28)18(32-22(27)31)11-13-4-3-5-16(10-13)30-19-17(24)12-25-21(23)26-19/h3-12H,2H2,1H3/b18-11-. The number of thioether (sulfide) groups is 1. The molecule has 0 bridgehead atoms. The Morgan fingerprint density at radius 1 is 1.22 bits per heavy atom. The zero-order valence-electron chi connectivity index (χ0n) is 16.6. The van der Waals surface area contributed by atoms with Gasteiger partial charge in [-0.25, -0.2) is 4.98 Å². The molecular formula is C22H15ClFN3O3S2. The van der Waals surface area contributed by atoms with E-state index >= 15 is 0 Å². The second-order valence-corrected chi connectivity index (χ2v) is 8.42. The number of amides is 1. The smallest absolute Gasteiger partial charge is 0.270 e. The van der Waals surface area contributed by atoms with Crippen LogP contribution in [0.25, 0.3) is 6.08 Å². The van der Waals surface area contributed by atoms with Crippen LogP contribution >= 0.6 is 35.6 Å². The summed E-state index contributed by atoms with van der Waals surface area (Å²) < 4.78 is 25.2. The highest BCUT2D eigenvalue weighted by atomic mass is 35.5. The van der Waals surface area contributed by atoms with Crippen LogP contribution in [-0.4, -0.2) is 26.8 Å². The van der Waals surface area contributed by atoms with Crippen molar-refractivity contribution in [2.75, 3.05) is 11.5 Å². The van der Waals surface area contributed by atoms with Crippen molar-refractivity contribution < 1.29 is 18.7 Å². The number of nitrogens with zero attached hydrogens (tertiary/aromatic N) is 3. The second-order valence-electron chi connectivity index (χ2n) is 6.41. The molecule has 0 N–H and O–H groups in total. The maximum Gasteiger partial charge on any atom is 0.270 e. The first-order chi connectivity index (χ1) is 15.4. The van der Waals surface area contributed by atoms with Crippen LogP contribution in [0.1, 0.15) is 12.5 Å². The van der Waals surface area contributed by atoms with Crippen LogP contribution in [0.2, 0.25) is 5.28 Å². The van der Waals surface area contributed by atoms with Crippen LogP contribution in [-0.2, 0) is 4.79 Å². The van der Waals surface area contributed by atoms with Crippen molar-refractivity contribution >= 4 is 57.6 Å². The molecule has 6 nitrogen and oxygen atoms in total. The van der Waals surface area contributed by atoms with Gasteiger partial charge in [0.1, 0.15) is 11.5 Å². The van der Waals surface area contributed by atoms with Crippen molar-refractivity contribution in [2.24, 2.45) is 0 Å². The summed E-state index contributed by atoms with van der Waals surface area (Å²) in [7, 11) is 0. The number of carbonyl (C=O) groups excluding carboxylic acids is 1. The van der Waals surface area contributed by atoms with Gasteiger partial charge in [-0.05, 0) is 66.6 Å². The number of anilines is 1. The zero-order valence-corrected chi connectivity index (χ0v) is 19.0. The fourth-order valence-corrected chi connectivity index (χ4v) is 4.31. The van der Waals surface area contributed by atoms with Gasteiger partial charge in [-0.3, -0.25) is 9.69 Å². The molecule has 4 rings (SSSR count). The van der Waals surface area contributed by atoms with E-state index in [1.807, 2.05) is 6.92 Å². The van der Waals surface area contributed by atoms with Crippen molar-refractivity contribution in [3.63, 3.8) is 0 Å². The number of hydrogen-bond acceptors (Lipinski definition) is 7. The minimum Gasteiger partial charge on any atom is -0.494 e. The molecule has 2 aromatic carbocycles. The predicted molar refractivity (Wildman–Crippen MR) is 127 cm³/mol. The molecule has 1 amide bonds. The molecule has 162 valence electrons. The molecule has 1 saturated heterocycles. The molecule has 0 saturated carbocycles. The molecule has 0 aliphatic carbocycles. The van der Waals surface area contributed by atoms with Crippen molar-refractivity contribution in [1.82, 2.24) is 9.97 Å². The maximum atomic E-state index is 13.9. The predicted octanol–water partition coefficient (Wildman–Crippen LogP) is 5.87. The minimum atomic E-state index is -0.740. The summed E-state index contributed by atoms with van der Waals surface area (Å²) in [4.78, 5) is 22.2. The average Bonchev–Trinajstić information content (AvgIpc) is 3.05. The number of halogens is 2. The Hall–Kier alpha value is -3.01. The van der Waals surface area contributed by atoms with Gasteiger partial charge in [0.2, 0.25) is 11.1 Å². The molecule has 1 aromatic heterocycles. The van der Waals surface area contributed by atoms with E-state index in [9.17, 15) is 9.18 Å². The van der Waals surface area contributed by atoms with Gasteiger partial charge in [-0.1, -0.05) is 36.1 Å². The molecule has 1 aliphatic rings. The van der Waals surface area contributed by atoms with E-state index in [1.54, 1.807) is 54.6 Å². The van der Waals surface area contributed by atoms with E-state index < -0.39 is 5.82 Å². The molecular weight excluding hydrogens is 473 g/mol. The molecule has 10 heteroatoms. The lowest BCUT2D eigenvalue weighted by molar-refractivity contribution is -0.113. The third-order valence-corrected chi connectivity index (χ3v) is 5.74. The quantitative estimate of drug-likeness (QED) is 0.245. The molecule has 1 fully saturated rings. The van der Waals surface area contributed by atoms with E-state index in [0.29, 0.717) is 32.8 Å². The highest BCUT2D eigenvalue weighted by molar-refractivity contribution is 8.27. The van der Waals surface area contributed by atoms with Crippen LogP contribution in [0.3, 0.4) is 0 Å². The van der Waals surface area contributed by atoms with Crippen molar-refractivity contribution in [3.05, 3.63) is 76.3 Å². The normalized spacial score (nSPS) is 14.8. The maximum absolute atomic E-state index is 13.9. The van der Waals surface area contributed by atoms with Gasteiger partial charge in [0.25, 0.3) is 11.8 Å². The zero-order chi connectivity index (χ0) is 22.7. The van der Waals surface area contributed by atoms with Gasteiger partial charge in [0.15, 0.2) is 4.32 Å². The molecule has 0 unspecified atom stereocenters. The number of benzene rings is 2. The first kappa shape index (κ1) is 22.2. The minimum absolute atomic E-state index is 0.129. The van der Waals surface area contributed by atoms with E-state index in [2.05, 4.69) is 9.97 Å². The number of ether oxygens (including phenoxy) is 2. The van der Waals surface area contributed by atoms with E-state index in [4.69, 9.17) is 33.3 Å². The van der Waals surface area contributed by atoms with E-state index in [1.165, 1.54) is 16.7 Å². The van der Waals surface area contributed by atoms with Crippen molar-refractivity contribution in [1.29, 1.82) is 0 Å². The summed E-state index contributed by atoms with van der Waals surface area (Å²) in [5.74, 6) is -0.214. The Morgan fingerprint density at radius 3 is 2.75 bits per heavy atom. The Bertz CT molecular complexity index is 1220. The molecule has 0 spiro atoms. The Labute approximate surface area is 198 Å². The summed E-state index contributed by atoms with van der Waals surface area (Å²) >= 11 is 12.3. The summed E-state index contributed by atoms with van der Waals surface area (Å²) in [6, 6.07) is 14.0. The van der Waals surface area contributed by atoms with Gasteiger partial charge in [-0.2, -0.15) is 9.37 Å². The Morgan fingerprint density at radius 2 is 2.00 bits per heavy atom. The summed E-state index contributed by atoms with van der Waals surface area (Å²) in [6.45, 7) is 2.46. The third kappa shape index (κ3) is 4.90. The van der Waals surface area contributed by atoms with Gasteiger partial charge in [0, 0.05) is 0 Å². The van der Waals surface area contributed by atoms with Crippen LogP contribution in [0.5, 0.6) is 17.4 Å². The molecule has 0 atom stereocenters. The summed E-state index contributed by atoms with van der Waals surface area (Å²) in [6.07, 6.45) is 2.63. The SMILES string of the molecule is CCOc1ccc(N2C(=O)/C(=C/c3cccc(Oc4nc(Cl)ncc4F)c3)SC2=S)cc1. The lowest BCUT2D eigenvalue weighted by atomic mass is 10.2. The van der Waals surface area contributed by atoms with Crippen molar-refractivity contribution in [2.45, 2.75) is 6.92 Å². The van der Waals surface area contributed by atoms with E-state index in [-0.39, 0.29) is 17.1 Å². The lowest BCUT2D eigenvalue weighted by Gasteiger charge is -2.15. The largest absolute Gasteiger partial charge is 0.494 e. The topological polar surface area (TPSA) is 64.5 Å². The molecule has 0 radical (unpaired) electrons. The number of rotatable bonds is 6. The van der Waals surface area contributed by atoms with Crippen LogP contribution < -0.4 is 14.4 Å². The van der Waals surface area contributed by atoms with E-state index in [0.717, 1.165) is 11.9 Å². The average molecular weight is 488 g/mol. The first-order valence-electron chi connectivity index (χ1n) is 9.41. The van der Waals surface area contributed by atoms with Gasteiger partial charge < -0.3 is 9.47 Å². The summed E-state index contributed by atoms with van der Waals surface area (Å²) in [5.41, 5.74) is 1.34.